The molecular formula is C34H38INO8S. The van der Waals surface area contributed by atoms with Gasteiger partial charge in [0, 0.05) is 41.3 Å². The number of aliphatic carboxylic acids is 1. The molecule has 11 heteroatoms. The van der Waals surface area contributed by atoms with Crippen LogP contribution in [-0.2, 0) is 24.5 Å². The van der Waals surface area contributed by atoms with Crippen LogP contribution in [0.2, 0.25) is 0 Å². The molecule has 0 bridgehead atoms. The first-order chi connectivity index (χ1) is 20.9. The van der Waals surface area contributed by atoms with E-state index >= 15 is 0 Å². The summed E-state index contributed by atoms with van der Waals surface area (Å²) in [5.74, 6) is -1.91. The highest BCUT2D eigenvalue weighted by Gasteiger charge is 2.49. The fourth-order valence-electron chi connectivity index (χ4n) is 6.67. The van der Waals surface area contributed by atoms with Crippen molar-refractivity contribution in [1.29, 1.82) is 0 Å². The average molecular weight is 748 g/mol. The molecule has 1 N–H and O–H groups in total. The van der Waals surface area contributed by atoms with E-state index < -0.39 is 32.8 Å². The van der Waals surface area contributed by atoms with E-state index in [-0.39, 0.29) is 54.0 Å². The number of nitrogens with zero attached hydrogens (tertiary/aromatic N) is 1. The van der Waals surface area contributed by atoms with Crippen LogP contribution in [0.4, 0.5) is 0 Å². The Morgan fingerprint density at radius 2 is 1.49 bits per heavy atom. The van der Waals surface area contributed by atoms with E-state index in [4.69, 9.17) is 8.92 Å². The highest BCUT2D eigenvalue weighted by atomic mass is 127. The summed E-state index contributed by atoms with van der Waals surface area (Å²) in [7, 11) is -4.21. The molecule has 9 nitrogen and oxygen atoms in total. The second-order valence-corrected chi connectivity index (χ2v) is 16.3. The lowest BCUT2D eigenvalue weighted by molar-refractivity contribution is -0.138. The number of aryl methyl sites for hydroxylation is 1. The molecule has 0 unspecified atom stereocenters. The average Bonchev–Trinajstić information content (AvgIpc) is 2.90. The van der Waals surface area contributed by atoms with Crippen molar-refractivity contribution in [3.8, 4) is 11.5 Å². The monoisotopic (exact) mass is 747 g/mol. The quantitative estimate of drug-likeness (QED) is 0.237. The molecule has 2 aliphatic carbocycles. The second kappa shape index (κ2) is 11.9. The van der Waals surface area contributed by atoms with Crippen molar-refractivity contribution in [3.05, 3.63) is 73.6 Å². The molecule has 2 aromatic rings. The Balaban J connectivity index is 1.72. The van der Waals surface area contributed by atoms with E-state index in [0.29, 0.717) is 44.5 Å². The molecule has 0 aromatic heterocycles. The number of hydrogen-bond donors (Lipinski definition) is 1. The minimum absolute atomic E-state index is 0.00310. The third-order valence-corrected chi connectivity index (χ3v) is 10.5. The van der Waals surface area contributed by atoms with Crippen molar-refractivity contribution in [1.82, 2.24) is 4.90 Å². The first-order valence-electron chi connectivity index (χ1n) is 14.9. The largest absolute Gasteiger partial charge is 0.490 e. The van der Waals surface area contributed by atoms with Gasteiger partial charge in [-0.15, -0.1) is 0 Å². The van der Waals surface area contributed by atoms with Crippen LogP contribution >= 0.6 is 22.6 Å². The number of ketones is 2. The van der Waals surface area contributed by atoms with Crippen LogP contribution in [0, 0.1) is 21.3 Å². The van der Waals surface area contributed by atoms with Crippen molar-refractivity contribution >= 4 is 50.2 Å². The van der Waals surface area contributed by atoms with Gasteiger partial charge in [-0.25, -0.2) is 0 Å². The first kappa shape index (κ1) is 33.2. The Labute approximate surface area is 277 Å². The zero-order valence-corrected chi connectivity index (χ0v) is 29.3. The van der Waals surface area contributed by atoms with Crippen molar-refractivity contribution in [2.75, 3.05) is 13.2 Å². The Morgan fingerprint density at radius 1 is 0.956 bits per heavy atom. The molecule has 0 saturated carbocycles. The number of benzene rings is 2. The predicted octanol–water partition coefficient (Wildman–Crippen LogP) is 6.54. The molecule has 5 rings (SSSR count). The van der Waals surface area contributed by atoms with Crippen LogP contribution in [0.3, 0.4) is 0 Å². The number of rotatable bonds is 8. The molecule has 240 valence electrons. The summed E-state index contributed by atoms with van der Waals surface area (Å²) in [5.41, 5.74) is 2.77. The van der Waals surface area contributed by atoms with Gasteiger partial charge in [0.1, 0.15) is 11.4 Å². The first-order valence-corrected chi connectivity index (χ1v) is 17.4. The Bertz CT molecular complexity index is 1720. The van der Waals surface area contributed by atoms with Crippen LogP contribution in [-0.4, -0.2) is 49.1 Å². The third-order valence-electron chi connectivity index (χ3n) is 8.48. The van der Waals surface area contributed by atoms with Crippen molar-refractivity contribution in [3.63, 3.8) is 0 Å². The lowest BCUT2D eigenvalue weighted by atomic mass is 9.63. The lowest BCUT2D eigenvalue weighted by Gasteiger charge is -2.48. The van der Waals surface area contributed by atoms with Gasteiger partial charge in [0.25, 0.3) is 0 Å². The van der Waals surface area contributed by atoms with Crippen LogP contribution in [0.1, 0.15) is 77.3 Å². The van der Waals surface area contributed by atoms with Gasteiger partial charge in [-0.2, -0.15) is 8.42 Å². The fraction of sp³-hybridized carbons (Fsp3) is 0.441. The smallest absolute Gasteiger partial charge is 0.339 e. The fourth-order valence-corrected chi connectivity index (χ4v) is 8.51. The Morgan fingerprint density at radius 3 is 1.98 bits per heavy atom. The maximum Gasteiger partial charge on any atom is 0.339 e. The minimum atomic E-state index is -4.21. The number of carbonyl (C=O) groups is 3. The molecule has 1 aliphatic heterocycles. The summed E-state index contributed by atoms with van der Waals surface area (Å²) in [6.07, 6.45) is 1.43. The van der Waals surface area contributed by atoms with E-state index in [1.807, 2.05) is 57.2 Å². The maximum atomic E-state index is 14.0. The van der Waals surface area contributed by atoms with E-state index in [1.165, 1.54) is 12.1 Å². The van der Waals surface area contributed by atoms with Crippen LogP contribution in [0.25, 0.3) is 0 Å². The summed E-state index contributed by atoms with van der Waals surface area (Å²) in [5, 5.41) is 9.94. The lowest BCUT2D eigenvalue weighted by Crippen LogP contribution is -2.45. The summed E-state index contributed by atoms with van der Waals surface area (Å²) in [4.78, 5) is 41.8. The number of hydrogen-bond acceptors (Lipinski definition) is 8. The highest BCUT2D eigenvalue weighted by molar-refractivity contribution is 14.1. The summed E-state index contributed by atoms with van der Waals surface area (Å²) in [6, 6.07) is 9.71. The molecule has 45 heavy (non-hydrogen) atoms. The third kappa shape index (κ3) is 6.56. The molecule has 3 aliphatic rings. The summed E-state index contributed by atoms with van der Waals surface area (Å²) in [6.45, 7) is 11.4. The maximum absolute atomic E-state index is 14.0. The molecule has 0 spiro atoms. The Kier molecular flexibility index (Phi) is 8.75. The Hall–Kier alpha value is -3.19. The second-order valence-electron chi connectivity index (χ2n) is 13.6. The molecule has 0 atom stereocenters. The van der Waals surface area contributed by atoms with Gasteiger partial charge in [-0.1, -0.05) is 45.4 Å². The molecule has 0 radical (unpaired) electrons. The zero-order valence-electron chi connectivity index (χ0n) is 26.3. The SMILES string of the molecule is CCOc1cc(C2C3=C(CC(C)(C)CC3=O)N(CC(=O)O)C3=C2C(=O)CC(C)(C)C3)cc(I)c1OS(=O)(=O)c1ccc(C)cc1. The van der Waals surface area contributed by atoms with Crippen LogP contribution in [0.5, 0.6) is 11.5 Å². The van der Waals surface area contributed by atoms with Gasteiger partial charge < -0.3 is 18.9 Å². The van der Waals surface area contributed by atoms with Crippen molar-refractivity contribution < 1.29 is 36.8 Å². The number of ether oxygens (including phenoxy) is 1. The van der Waals surface area contributed by atoms with Gasteiger partial charge in [0.15, 0.2) is 23.1 Å². The van der Waals surface area contributed by atoms with Gasteiger partial charge in [-0.05, 0) is 89.9 Å². The van der Waals surface area contributed by atoms with E-state index in [1.54, 1.807) is 36.1 Å². The van der Waals surface area contributed by atoms with Crippen molar-refractivity contribution in [2.45, 2.75) is 78.0 Å². The molecule has 1 heterocycles. The topological polar surface area (TPSA) is 127 Å². The summed E-state index contributed by atoms with van der Waals surface area (Å²) < 4.78 is 38.6. The molecule has 0 fully saturated rings. The van der Waals surface area contributed by atoms with E-state index in [0.717, 1.165) is 5.56 Å². The van der Waals surface area contributed by atoms with E-state index in [2.05, 4.69) is 0 Å². The van der Waals surface area contributed by atoms with Crippen molar-refractivity contribution in [2.24, 2.45) is 10.8 Å². The molecule has 0 saturated heterocycles. The number of allylic oxidation sites excluding steroid dienone is 4. The van der Waals surface area contributed by atoms with Crippen LogP contribution < -0.4 is 8.92 Å². The van der Waals surface area contributed by atoms with Gasteiger partial charge in [0.05, 0.1) is 10.2 Å². The number of carboxylic acid groups (broad SMARTS) is 1. The molecular weight excluding hydrogens is 709 g/mol. The van der Waals surface area contributed by atoms with Crippen LogP contribution in [0.15, 0.2) is 63.8 Å². The molecule has 2 aromatic carbocycles. The normalized spacial score (nSPS) is 19.8. The number of carbonyl (C=O) groups excluding carboxylic acids is 2. The van der Waals surface area contributed by atoms with Gasteiger partial charge in [0.2, 0.25) is 0 Å². The summed E-state index contributed by atoms with van der Waals surface area (Å²) >= 11 is 1.99. The highest BCUT2D eigenvalue weighted by Crippen LogP contribution is 2.55. The number of carboxylic acids is 1. The zero-order chi connectivity index (χ0) is 33.1. The minimum Gasteiger partial charge on any atom is -0.490 e. The van der Waals surface area contributed by atoms with Gasteiger partial charge in [-0.3, -0.25) is 14.4 Å². The standard InChI is InChI=1S/C34H38INO8S/c1-7-43-27-13-20(12-22(35)32(27)44-45(41,42)21-10-8-19(2)9-11-21)29-30-23(14-33(3,4)16-25(30)37)36(18-28(39)40)24-15-34(5,6)17-26(38)31(24)29/h8-13,29H,7,14-18H2,1-6H3,(H,39,40). The predicted molar refractivity (Wildman–Crippen MR) is 176 cm³/mol. The van der Waals surface area contributed by atoms with E-state index in [9.17, 15) is 27.9 Å². The molecule has 0 amide bonds. The number of halogens is 1. The van der Waals surface area contributed by atoms with Gasteiger partial charge >= 0.3 is 16.1 Å². The number of Topliss-reactive ketones (excluding diaryl/α,β-unsaturated/α-hetero) is 2.